The smallest absolute Gasteiger partial charge is 0.338 e. The fourth-order valence-corrected chi connectivity index (χ4v) is 3.27. The van der Waals surface area contributed by atoms with E-state index in [4.69, 9.17) is 9.47 Å². The van der Waals surface area contributed by atoms with Crippen LogP contribution in [0, 0.1) is 0 Å². The monoisotopic (exact) mass is 415 g/mol. The standard InChI is InChI=1S/C20H18BrNO4/c1-13(16-7-3-4-8-17(16)21)22-19(23)12-26-20(24)15-10-14-6-2-5-9-18(14)25-11-15/h2-10,13H,11-12H2,1H3,(H,22,23)/t13-/m0/s1. The minimum atomic E-state index is -0.553. The Morgan fingerprint density at radius 1 is 1.19 bits per heavy atom. The molecule has 26 heavy (non-hydrogen) atoms. The molecular formula is C20H18BrNO4. The van der Waals surface area contributed by atoms with Gasteiger partial charge in [-0.15, -0.1) is 0 Å². The lowest BCUT2D eigenvalue weighted by Gasteiger charge is -2.18. The maximum absolute atomic E-state index is 12.2. The Hall–Kier alpha value is -2.60. The first-order chi connectivity index (χ1) is 12.5. The van der Waals surface area contributed by atoms with E-state index < -0.39 is 5.97 Å². The van der Waals surface area contributed by atoms with E-state index in [-0.39, 0.29) is 25.2 Å². The Morgan fingerprint density at radius 3 is 2.73 bits per heavy atom. The van der Waals surface area contributed by atoms with Gasteiger partial charge in [-0.25, -0.2) is 4.79 Å². The number of benzene rings is 2. The minimum absolute atomic E-state index is 0.130. The number of fused-ring (bicyclic) bond motifs is 1. The van der Waals surface area contributed by atoms with Crippen LogP contribution in [0.15, 0.2) is 58.6 Å². The Balaban J connectivity index is 1.54. The van der Waals surface area contributed by atoms with Crippen molar-refractivity contribution in [2.45, 2.75) is 13.0 Å². The second kappa shape index (κ2) is 8.19. The fourth-order valence-electron chi connectivity index (χ4n) is 2.64. The molecule has 0 spiro atoms. The summed E-state index contributed by atoms with van der Waals surface area (Å²) < 4.78 is 11.5. The molecule has 0 fully saturated rings. The molecule has 2 aromatic rings. The molecule has 0 saturated carbocycles. The molecule has 1 atom stereocenters. The van der Waals surface area contributed by atoms with Crippen LogP contribution in [0.2, 0.25) is 0 Å². The number of amides is 1. The molecule has 0 saturated heterocycles. The van der Waals surface area contributed by atoms with Crippen molar-refractivity contribution in [3.8, 4) is 5.75 Å². The number of hydrogen-bond donors (Lipinski definition) is 1. The molecule has 0 radical (unpaired) electrons. The highest BCUT2D eigenvalue weighted by Crippen LogP contribution is 2.26. The van der Waals surface area contributed by atoms with Crippen LogP contribution in [0.4, 0.5) is 0 Å². The third-order valence-electron chi connectivity index (χ3n) is 3.98. The van der Waals surface area contributed by atoms with E-state index in [0.29, 0.717) is 5.57 Å². The molecule has 1 heterocycles. The van der Waals surface area contributed by atoms with Gasteiger partial charge in [-0.2, -0.15) is 0 Å². The predicted octanol–water partition coefficient (Wildman–Crippen LogP) is 3.65. The largest absolute Gasteiger partial charge is 0.488 e. The maximum atomic E-state index is 12.2. The summed E-state index contributed by atoms with van der Waals surface area (Å²) in [4.78, 5) is 24.2. The van der Waals surface area contributed by atoms with Crippen LogP contribution in [0.25, 0.3) is 6.08 Å². The van der Waals surface area contributed by atoms with Gasteiger partial charge >= 0.3 is 5.97 Å². The van der Waals surface area contributed by atoms with Gasteiger partial charge in [0.15, 0.2) is 6.61 Å². The second-order valence-corrected chi connectivity index (χ2v) is 6.74. The van der Waals surface area contributed by atoms with Crippen LogP contribution < -0.4 is 10.1 Å². The van der Waals surface area contributed by atoms with Crippen LogP contribution in [0.5, 0.6) is 5.75 Å². The normalized spacial score (nSPS) is 13.7. The lowest BCUT2D eigenvalue weighted by Crippen LogP contribution is -2.32. The summed E-state index contributed by atoms with van der Waals surface area (Å²) >= 11 is 3.46. The first-order valence-electron chi connectivity index (χ1n) is 8.18. The number of esters is 1. The molecule has 134 valence electrons. The van der Waals surface area contributed by atoms with Gasteiger partial charge in [0.1, 0.15) is 12.4 Å². The molecule has 2 aromatic carbocycles. The van der Waals surface area contributed by atoms with E-state index in [9.17, 15) is 9.59 Å². The first-order valence-corrected chi connectivity index (χ1v) is 8.97. The molecule has 1 aliphatic rings. The van der Waals surface area contributed by atoms with Gasteiger partial charge in [0.25, 0.3) is 5.91 Å². The van der Waals surface area contributed by atoms with E-state index in [1.165, 1.54) is 0 Å². The Labute approximate surface area is 160 Å². The van der Waals surface area contributed by atoms with Gasteiger partial charge in [0.05, 0.1) is 11.6 Å². The number of nitrogens with one attached hydrogen (secondary N) is 1. The summed E-state index contributed by atoms with van der Waals surface area (Å²) in [5, 5.41) is 2.81. The highest BCUT2D eigenvalue weighted by Gasteiger charge is 2.20. The Bertz CT molecular complexity index is 862. The first kappa shape index (κ1) is 18.2. The summed E-state index contributed by atoms with van der Waals surface area (Å²) in [5.41, 5.74) is 2.15. The third kappa shape index (κ3) is 4.32. The second-order valence-electron chi connectivity index (χ2n) is 5.88. The SMILES string of the molecule is C[C@H](NC(=O)COC(=O)C1=Cc2ccccc2OC1)c1ccccc1Br. The van der Waals surface area contributed by atoms with Crippen molar-refractivity contribution < 1.29 is 19.1 Å². The maximum Gasteiger partial charge on any atom is 0.338 e. The van der Waals surface area contributed by atoms with Crippen molar-refractivity contribution in [3.05, 3.63) is 69.7 Å². The van der Waals surface area contributed by atoms with Crippen LogP contribution in [0.1, 0.15) is 24.1 Å². The zero-order chi connectivity index (χ0) is 18.5. The lowest BCUT2D eigenvalue weighted by molar-refractivity contribution is -0.145. The molecule has 3 rings (SSSR count). The van der Waals surface area contributed by atoms with Gasteiger partial charge in [-0.05, 0) is 30.7 Å². The summed E-state index contributed by atoms with van der Waals surface area (Å²) in [6.45, 7) is 1.66. The number of para-hydroxylation sites is 1. The molecule has 1 amide bonds. The molecule has 1 N–H and O–H groups in total. The van der Waals surface area contributed by atoms with E-state index in [1.807, 2.05) is 55.5 Å². The summed E-state index contributed by atoms with van der Waals surface area (Å²) in [5.74, 6) is -0.188. The van der Waals surface area contributed by atoms with Crippen LogP contribution in [0.3, 0.4) is 0 Å². The summed E-state index contributed by atoms with van der Waals surface area (Å²) in [7, 11) is 0. The average Bonchev–Trinajstić information content (AvgIpc) is 2.66. The zero-order valence-corrected chi connectivity index (χ0v) is 15.8. The van der Waals surface area contributed by atoms with Crippen molar-refractivity contribution in [1.29, 1.82) is 0 Å². The number of halogens is 1. The molecule has 5 nitrogen and oxygen atoms in total. The van der Waals surface area contributed by atoms with Gasteiger partial charge in [-0.3, -0.25) is 4.79 Å². The Kier molecular flexibility index (Phi) is 5.73. The molecule has 0 bridgehead atoms. The predicted molar refractivity (Wildman–Crippen MR) is 102 cm³/mol. The van der Waals surface area contributed by atoms with Crippen molar-refractivity contribution in [2.75, 3.05) is 13.2 Å². The topological polar surface area (TPSA) is 64.6 Å². The van der Waals surface area contributed by atoms with Crippen LogP contribution >= 0.6 is 15.9 Å². The number of carbonyl (C=O) groups is 2. The number of carbonyl (C=O) groups excluding carboxylic acids is 2. The van der Waals surface area contributed by atoms with Crippen molar-refractivity contribution >= 4 is 33.9 Å². The van der Waals surface area contributed by atoms with E-state index in [0.717, 1.165) is 21.3 Å². The molecule has 0 aliphatic carbocycles. The number of ether oxygens (including phenoxy) is 2. The van der Waals surface area contributed by atoms with Crippen molar-refractivity contribution in [2.24, 2.45) is 0 Å². The van der Waals surface area contributed by atoms with Gasteiger partial charge in [-0.1, -0.05) is 52.3 Å². The van der Waals surface area contributed by atoms with Crippen LogP contribution in [-0.4, -0.2) is 25.1 Å². The average molecular weight is 416 g/mol. The molecule has 1 aliphatic heterocycles. The van der Waals surface area contributed by atoms with Gasteiger partial charge < -0.3 is 14.8 Å². The zero-order valence-electron chi connectivity index (χ0n) is 14.2. The minimum Gasteiger partial charge on any atom is -0.488 e. The van der Waals surface area contributed by atoms with Crippen LogP contribution in [-0.2, 0) is 14.3 Å². The van der Waals surface area contributed by atoms with E-state index >= 15 is 0 Å². The Morgan fingerprint density at radius 2 is 1.92 bits per heavy atom. The molecular weight excluding hydrogens is 398 g/mol. The molecule has 6 heteroatoms. The lowest BCUT2D eigenvalue weighted by atomic mass is 10.1. The molecule has 0 unspecified atom stereocenters. The highest BCUT2D eigenvalue weighted by molar-refractivity contribution is 9.10. The van der Waals surface area contributed by atoms with Gasteiger partial charge in [0, 0.05) is 10.0 Å². The summed E-state index contributed by atoms with van der Waals surface area (Å²) in [6.07, 6.45) is 1.72. The molecule has 0 aromatic heterocycles. The van der Waals surface area contributed by atoms with E-state index in [2.05, 4.69) is 21.2 Å². The fraction of sp³-hybridized carbons (Fsp3) is 0.200. The van der Waals surface area contributed by atoms with Gasteiger partial charge in [0.2, 0.25) is 0 Å². The summed E-state index contributed by atoms with van der Waals surface area (Å²) in [6, 6.07) is 14.8. The quantitative estimate of drug-likeness (QED) is 0.756. The highest BCUT2D eigenvalue weighted by atomic mass is 79.9. The number of rotatable bonds is 5. The van der Waals surface area contributed by atoms with Crippen molar-refractivity contribution in [1.82, 2.24) is 5.32 Å². The van der Waals surface area contributed by atoms with Crippen molar-refractivity contribution in [3.63, 3.8) is 0 Å². The van der Waals surface area contributed by atoms with E-state index in [1.54, 1.807) is 6.08 Å². The third-order valence-corrected chi connectivity index (χ3v) is 4.70. The number of hydrogen-bond acceptors (Lipinski definition) is 4.